The van der Waals surface area contributed by atoms with Gasteiger partial charge >= 0.3 is 0 Å². The predicted molar refractivity (Wildman–Crippen MR) is 100 cm³/mol. The van der Waals surface area contributed by atoms with E-state index in [1.165, 1.54) is 6.08 Å². The van der Waals surface area contributed by atoms with Crippen molar-refractivity contribution in [2.45, 2.75) is 65.9 Å². The van der Waals surface area contributed by atoms with E-state index in [0.717, 1.165) is 36.7 Å². The lowest BCUT2D eigenvalue weighted by molar-refractivity contribution is -0.178. The van der Waals surface area contributed by atoms with Gasteiger partial charge in [-0.25, -0.2) is 0 Å². The molecule has 0 heterocycles. The molecule has 3 rings (SSSR count). The standard InChI is InChI=1S/C22H32O4/c1-14(6-5-11-23)19-15(25)12-17-20(2)10-8-18(26)22(4,13-24)16(20)7-9-21(17,19)3/h5-6,11,16-18,24,26H,7-10,12-13H2,1-4H3/b6-5+,19-14-/t16?,17-,18+,20-,21-,22+/m0/s1. The molecule has 0 radical (unpaired) electrons. The van der Waals surface area contributed by atoms with E-state index in [0.29, 0.717) is 12.8 Å². The van der Waals surface area contributed by atoms with Crippen LogP contribution in [0.4, 0.5) is 0 Å². The van der Waals surface area contributed by atoms with E-state index in [2.05, 4.69) is 13.8 Å². The summed E-state index contributed by atoms with van der Waals surface area (Å²) in [6, 6.07) is 0. The molecule has 0 aromatic rings. The number of hydrogen-bond acceptors (Lipinski definition) is 4. The number of rotatable bonds is 3. The van der Waals surface area contributed by atoms with Gasteiger partial charge in [0.1, 0.15) is 6.29 Å². The number of allylic oxidation sites excluding steroid dienone is 4. The van der Waals surface area contributed by atoms with Crippen LogP contribution in [-0.4, -0.2) is 35.0 Å². The Hall–Kier alpha value is -1.26. The molecule has 144 valence electrons. The normalized spacial score (nSPS) is 47.6. The molecule has 0 bridgehead atoms. The summed E-state index contributed by atoms with van der Waals surface area (Å²) in [6.45, 7) is 8.40. The number of aliphatic hydroxyl groups is 2. The highest BCUT2D eigenvalue weighted by Crippen LogP contribution is 2.69. The van der Waals surface area contributed by atoms with Gasteiger partial charge in [-0.1, -0.05) is 26.8 Å². The highest BCUT2D eigenvalue weighted by molar-refractivity contribution is 6.01. The first kappa shape index (κ1) is 19.5. The zero-order chi connectivity index (χ0) is 19.3. The van der Waals surface area contributed by atoms with E-state index < -0.39 is 11.5 Å². The van der Waals surface area contributed by atoms with Crippen molar-refractivity contribution in [2.75, 3.05) is 6.61 Å². The van der Waals surface area contributed by atoms with Gasteiger partial charge in [-0.2, -0.15) is 0 Å². The minimum atomic E-state index is -0.504. The zero-order valence-corrected chi connectivity index (χ0v) is 16.4. The van der Waals surface area contributed by atoms with Gasteiger partial charge in [0, 0.05) is 22.8 Å². The molecule has 0 amide bonds. The molecule has 3 saturated carbocycles. The van der Waals surface area contributed by atoms with Crippen LogP contribution < -0.4 is 0 Å². The fraction of sp³-hybridized carbons (Fsp3) is 0.727. The zero-order valence-electron chi connectivity index (χ0n) is 16.4. The van der Waals surface area contributed by atoms with Crippen molar-refractivity contribution in [3.8, 4) is 0 Å². The molecule has 0 spiro atoms. The molecule has 1 unspecified atom stereocenters. The lowest BCUT2D eigenvalue weighted by Crippen LogP contribution is -2.59. The molecule has 3 aliphatic rings. The SMILES string of the molecule is CC(/C=C/C=O)=C1\C(=O)C[C@H]2[C@@]3(C)CC[C@@H](O)[C@](C)(CO)C3CC[C@]12C. The topological polar surface area (TPSA) is 74.6 Å². The Kier molecular flexibility index (Phi) is 4.81. The maximum absolute atomic E-state index is 13.0. The van der Waals surface area contributed by atoms with Gasteiger partial charge in [0.05, 0.1) is 12.7 Å². The molecule has 0 aromatic heterocycles. The first-order chi connectivity index (χ1) is 12.1. The Morgan fingerprint density at radius 3 is 2.50 bits per heavy atom. The highest BCUT2D eigenvalue weighted by Gasteiger charge is 2.65. The predicted octanol–water partition coefficient (Wildman–Crippen LogP) is 3.22. The minimum absolute atomic E-state index is 0.0183. The van der Waals surface area contributed by atoms with Gasteiger partial charge in [-0.15, -0.1) is 0 Å². The van der Waals surface area contributed by atoms with Crippen LogP contribution in [0.1, 0.15) is 59.8 Å². The number of Topliss-reactive ketones (excluding diaryl/α,β-unsaturated/α-hetero) is 1. The molecule has 6 atom stereocenters. The van der Waals surface area contributed by atoms with E-state index in [1.807, 2.05) is 13.8 Å². The Bertz CT molecular complexity index is 678. The number of aldehydes is 1. The van der Waals surface area contributed by atoms with Crippen molar-refractivity contribution in [2.24, 2.45) is 28.1 Å². The molecule has 2 N–H and O–H groups in total. The summed E-state index contributed by atoms with van der Waals surface area (Å²) >= 11 is 0. The third-order valence-electron chi connectivity index (χ3n) is 8.23. The Morgan fingerprint density at radius 1 is 1.19 bits per heavy atom. The first-order valence-electron chi connectivity index (χ1n) is 9.80. The van der Waals surface area contributed by atoms with E-state index >= 15 is 0 Å². The van der Waals surface area contributed by atoms with Crippen LogP contribution in [0.5, 0.6) is 0 Å². The average Bonchev–Trinajstić information content (AvgIpc) is 2.88. The van der Waals surface area contributed by atoms with Crippen LogP contribution >= 0.6 is 0 Å². The Balaban J connectivity index is 2.07. The third-order valence-corrected chi connectivity index (χ3v) is 8.23. The second-order valence-corrected chi connectivity index (χ2v) is 9.47. The molecule has 3 fully saturated rings. The van der Waals surface area contributed by atoms with Crippen molar-refractivity contribution in [3.63, 3.8) is 0 Å². The summed E-state index contributed by atoms with van der Waals surface area (Å²) in [4.78, 5) is 23.7. The molecule has 0 aromatic carbocycles. The largest absolute Gasteiger partial charge is 0.396 e. The maximum Gasteiger partial charge on any atom is 0.160 e. The molecule has 4 heteroatoms. The molecule has 4 nitrogen and oxygen atoms in total. The van der Waals surface area contributed by atoms with Crippen molar-refractivity contribution in [3.05, 3.63) is 23.3 Å². The van der Waals surface area contributed by atoms with E-state index in [-0.39, 0.29) is 35.1 Å². The van der Waals surface area contributed by atoms with E-state index in [4.69, 9.17) is 0 Å². The second kappa shape index (κ2) is 6.42. The average molecular weight is 360 g/mol. The van der Waals surface area contributed by atoms with Crippen LogP contribution in [-0.2, 0) is 9.59 Å². The van der Waals surface area contributed by atoms with Crippen LogP contribution in [0.25, 0.3) is 0 Å². The van der Waals surface area contributed by atoms with Crippen LogP contribution in [0.2, 0.25) is 0 Å². The summed E-state index contributed by atoms with van der Waals surface area (Å²) in [6.07, 6.45) is 7.35. The van der Waals surface area contributed by atoms with Crippen LogP contribution in [0.15, 0.2) is 23.3 Å². The van der Waals surface area contributed by atoms with Crippen LogP contribution in [0.3, 0.4) is 0 Å². The van der Waals surface area contributed by atoms with Gasteiger partial charge < -0.3 is 10.2 Å². The molecular formula is C22H32O4. The van der Waals surface area contributed by atoms with Gasteiger partial charge in [-0.3, -0.25) is 9.59 Å². The Labute approximate surface area is 156 Å². The number of fused-ring (bicyclic) bond motifs is 3. The number of hydrogen-bond donors (Lipinski definition) is 2. The second-order valence-electron chi connectivity index (χ2n) is 9.47. The van der Waals surface area contributed by atoms with Crippen LogP contribution in [0, 0.1) is 28.1 Å². The third kappa shape index (κ3) is 2.49. The lowest BCUT2D eigenvalue weighted by Gasteiger charge is -2.62. The fourth-order valence-electron chi connectivity index (χ4n) is 6.88. The quantitative estimate of drug-likeness (QED) is 0.599. The number of ketones is 1. The number of carbonyl (C=O) groups is 2. The van der Waals surface area contributed by atoms with Gasteiger partial charge in [0.2, 0.25) is 0 Å². The summed E-state index contributed by atoms with van der Waals surface area (Å²) < 4.78 is 0. The van der Waals surface area contributed by atoms with Crippen molar-refractivity contribution in [1.29, 1.82) is 0 Å². The maximum atomic E-state index is 13.0. The summed E-state index contributed by atoms with van der Waals surface area (Å²) in [5.74, 6) is 0.623. The van der Waals surface area contributed by atoms with Gasteiger partial charge in [-0.05, 0) is 61.5 Å². The Morgan fingerprint density at radius 2 is 1.88 bits per heavy atom. The van der Waals surface area contributed by atoms with E-state index in [9.17, 15) is 19.8 Å². The molecular weight excluding hydrogens is 328 g/mol. The molecule has 3 aliphatic carbocycles. The molecule has 0 aliphatic heterocycles. The smallest absolute Gasteiger partial charge is 0.160 e. The summed E-state index contributed by atoms with van der Waals surface area (Å²) in [5, 5.41) is 20.7. The van der Waals surface area contributed by atoms with Crippen molar-refractivity contribution < 1.29 is 19.8 Å². The highest BCUT2D eigenvalue weighted by atomic mass is 16.3. The number of aliphatic hydroxyl groups excluding tert-OH is 2. The van der Waals surface area contributed by atoms with E-state index in [1.54, 1.807) is 6.08 Å². The van der Waals surface area contributed by atoms with Gasteiger partial charge in [0.15, 0.2) is 5.78 Å². The molecule has 26 heavy (non-hydrogen) atoms. The summed E-state index contributed by atoms with van der Waals surface area (Å²) in [7, 11) is 0. The molecule has 0 saturated heterocycles. The van der Waals surface area contributed by atoms with Gasteiger partial charge in [0.25, 0.3) is 0 Å². The lowest BCUT2D eigenvalue weighted by atomic mass is 9.43. The monoisotopic (exact) mass is 360 g/mol. The first-order valence-corrected chi connectivity index (χ1v) is 9.80. The number of carbonyl (C=O) groups excluding carboxylic acids is 2. The summed E-state index contributed by atoms with van der Waals surface area (Å²) in [5.41, 5.74) is 1.01. The minimum Gasteiger partial charge on any atom is -0.396 e. The van der Waals surface area contributed by atoms with Crippen molar-refractivity contribution in [1.82, 2.24) is 0 Å². The van der Waals surface area contributed by atoms with Crippen molar-refractivity contribution >= 4 is 12.1 Å². The fourth-order valence-corrected chi connectivity index (χ4v) is 6.88.